The molecule has 0 aromatic heterocycles. The number of nitrogens with two attached hydrogens (primary N) is 1. The Morgan fingerprint density at radius 3 is 2.74 bits per heavy atom. The van der Waals surface area contributed by atoms with E-state index in [1.165, 1.54) is 11.0 Å². The monoisotopic (exact) mass is 269 g/mol. The van der Waals surface area contributed by atoms with Crippen LogP contribution in [0.25, 0.3) is 0 Å². The third kappa shape index (κ3) is 2.47. The summed E-state index contributed by atoms with van der Waals surface area (Å²) in [6.07, 6.45) is 1.45. The summed E-state index contributed by atoms with van der Waals surface area (Å²) in [5.41, 5.74) is 5.81. The fourth-order valence-corrected chi connectivity index (χ4v) is 2.42. The summed E-state index contributed by atoms with van der Waals surface area (Å²) >= 11 is 0. The molecule has 1 unspecified atom stereocenters. The van der Waals surface area contributed by atoms with Crippen molar-refractivity contribution in [3.8, 4) is 0 Å². The van der Waals surface area contributed by atoms with Crippen LogP contribution in [0.15, 0.2) is 12.1 Å². The summed E-state index contributed by atoms with van der Waals surface area (Å²) in [6.45, 7) is 0.567. The van der Waals surface area contributed by atoms with Gasteiger partial charge in [0.1, 0.15) is 11.9 Å². The number of hydrogen-bond donors (Lipinski definition) is 1. The molecular weight excluding hydrogens is 252 g/mol. The predicted molar refractivity (Wildman–Crippen MR) is 69.8 cm³/mol. The highest BCUT2D eigenvalue weighted by atomic mass is 19.1. The minimum Gasteiger partial charge on any atom is -0.395 e. The largest absolute Gasteiger partial charge is 0.395 e. The van der Waals surface area contributed by atoms with Crippen LogP contribution in [0.2, 0.25) is 0 Å². The zero-order valence-corrected chi connectivity index (χ0v) is 11.0. The van der Waals surface area contributed by atoms with E-state index in [-0.39, 0.29) is 17.3 Å². The Kier molecular flexibility index (Phi) is 3.59. The van der Waals surface area contributed by atoms with Gasteiger partial charge in [-0.1, -0.05) is 0 Å². The molecule has 1 aromatic rings. The third-order valence-electron chi connectivity index (χ3n) is 3.36. The first-order chi connectivity index (χ1) is 8.91. The van der Waals surface area contributed by atoms with E-state index >= 15 is 0 Å². The number of nitrogens with zero attached hydrogens (tertiary/aromatic N) is 2. The van der Waals surface area contributed by atoms with E-state index in [2.05, 4.69) is 0 Å². The van der Waals surface area contributed by atoms with Gasteiger partial charge in [-0.2, -0.15) is 0 Å². The second-order valence-electron chi connectivity index (χ2n) is 4.90. The number of nitrogen functional groups attached to an aromatic ring is 1. The lowest BCUT2D eigenvalue weighted by atomic mass is 10.1. The van der Waals surface area contributed by atoms with Crippen LogP contribution in [-0.2, 0) is 4.79 Å². The maximum absolute atomic E-state index is 13.5. The number of likely N-dealkylation sites (N-methyl/N-ethyl adjacent to an activating group) is 1. The Morgan fingerprint density at radius 1 is 1.42 bits per heavy atom. The van der Waals surface area contributed by atoms with Gasteiger partial charge in [-0.05, 0) is 18.9 Å². The van der Waals surface area contributed by atoms with Crippen molar-refractivity contribution >= 4 is 17.3 Å². The van der Waals surface area contributed by atoms with Crippen LogP contribution in [0, 0.1) is 11.6 Å². The van der Waals surface area contributed by atoms with Crippen LogP contribution >= 0.6 is 0 Å². The van der Waals surface area contributed by atoms with Crippen LogP contribution in [0.3, 0.4) is 0 Å². The molecule has 4 nitrogen and oxygen atoms in total. The van der Waals surface area contributed by atoms with Gasteiger partial charge in [-0.25, -0.2) is 8.78 Å². The number of halogens is 2. The van der Waals surface area contributed by atoms with Crippen LogP contribution in [-0.4, -0.2) is 37.5 Å². The molecule has 1 amide bonds. The molecule has 0 radical (unpaired) electrons. The quantitative estimate of drug-likeness (QED) is 0.830. The molecular formula is C13H17F2N3O. The molecule has 104 valence electrons. The number of benzene rings is 1. The van der Waals surface area contributed by atoms with Crippen molar-refractivity contribution in [3.05, 3.63) is 23.8 Å². The summed E-state index contributed by atoms with van der Waals surface area (Å²) in [5.74, 6) is -1.57. The maximum atomic E-state index is 13.5. The number of amides is 1. The van der Waals surface area contributed by atoms with Crippen molar-refractivity contribution in [2.75, 3.05) is 31.3 Å². The highest BCUT2D eigenvalue weighted by Crippen LogP contribution is 2.33. The minimum atomic E-state index is -0.794. The van der Waals surface area contributed by atoms with E-state index < -0.39 is 17.7 Å². The van der Waals surface area contributed by atoms with E-state index in [9.17, 15) is 13.6 Å². The van der Waals surface area contributed by atoms with E-state index in [1.54, 1.807) is 19.0 Å². The van der Waals surface area contributed by atoms with Crippen LogP contribution in [0.1, 0.15) is 12.8 Å². The van der Waals surface area contributed by atoms with Crippen LogP contribution in [0.5, 0.6) is 0 Å². The summed E-state index contributed by atoms with van der Waals surface area (Å²) in [7, 11) is 3.32. The number of carbonyl (C=O) groups is 1. The number of anilines is 2. The second kappa shape index (κ2) is 5.03. The van der Waals surface area contributed by atoms with Gasteiger partial charge in [0.2, 0.25) is 5.91 Å². The first-order valence-electron chi connectivity index (χ1n) is 6.14. The Balaban J connectivity index is 2.38. The normalized spacial score (nSPS) is 18.7. The molecule has 6 heteroatoms. The third-order valence-corrected chi connectivity index (χ3v) is 3.36. The zero-order valence-electron chi connectivity index (χ0n) is 11.0. The number of rotatable bonds is 2. The Labute approximate surface area is 110 Å². The summed E-state index contributed by atoms with van der Waals surface area (Å²) < 4.78 is 26.8. The summed E-state index contributed by atoms with van der Waals surface area (Å²) in [5, 5.41) is 0. The Morgan fingerprint density at radius 2 is 2.11 bits per heavy atom. The molecule has 0 aliphatic carbocycles. The molecule has 1 fully saturated rings. The second-order valence-corrected chi connectivity index (χ2v) is 4.90. The first kappa shape index (κ1) is 13.6. The molecule has 1 aliphatic rings. The molecule has 1 heterocycles. The van der Waals surface area contributed by atoms with Gasteiger partial charge < -0.3 is 15.5 Å². The lowest BCUT2D eigenvalue weighted by Gasteiger charge is -2.29. The van der Waals surface area contributed by atoms with Gasteiger partial charge in [-0.3, -0.25) is 4.79 Å². The minimum absolute atomic E-state index is 0.0819. The van der Waals surface area contributed by atoms with Gasteiger partial charge in [-0.15, -0.1) is 0 Å². The molecule has 1 saturated heterocycles. The molecule has 2 N–H and O–H groups in total. The topological polar surface area (TPSA) is 49.6 Å². The molecule has 1 aliphatic heterocycles. The number of carbonyl (C=O) groups excluding carboxylic acids is 1. The van der Waals surface area contributed by atoms with Gasteiger partial charge in [0.25, 0.3) is 0 Å². The first-order valence-corrected chi connectivity index (χ1v) is 6.14. The smallest absolute Gasteiger partial charge is 0.244 e. The SMILES string of the molecule is CN(C)C(=O)C1CCCN1c1cc(F)cc(F)c1N. The predicted octanol–water partition coefficient (Wildman–Crippen LogP) is 1.60. The Hall–Kier alpha value is -1.85. The molecule has 2 rings (SSSR count). The summed E-state index contributed by atoms with van der Waals surface area (Å²) in [4.78, 5) is 15.2. The van der Waals surface area contributed by atoms with Gasteiger partial charge in [0.05, 0.1) is 11.4 Å². The lowest BCUT2D eigenvalue weighted by Crippen LogP contribution is -2.43. The highest BCUT2D eigenvalue weighted by molar-refractivity contribution is 5.87. The van der Waals surface area contributed by atoms with Crippen molar-refractivity contribution in [2.45, 2.75) is 18.9 Å². The average molecular weight is 269 g/mol. The van der Waals surface area contributed by atoms with E-state index in [0.717, 1.165) is 12.5 Å². The Bertz CT molecular complexity index is 505. The molecule has 1 atom stereocenters. The van der Waals surface area contributed by atoms with Crippen LogP contribution < -0.4 is 10.6 Å². The zero-order chi connectivity index (χ0) is 14.2. The van der Waals surface area contributed by atoms with Crippen LogP contribution in [0.4, 0.5) is 20.2 Å². The van der Waals surface area contributed by atoms with Crippen molar-refractivity contribution in [1.82, 2.24) is 4.90 Å². The van der Waals surface area contributed by atoms with Crippen molar-refractivity contribution in [2.24, 2.45) is 0 Å². The maximum Gasteiger partial charge on any atom is 0.244 e. The standard InChI is InChI=1S/C13H17F2N3O/c1-17(2)13(19)10-4-3-5-18(10)11-7-8(14)6-9(15)12(11)16/h6-7,10H,3-5,16H2,1-2H3. The fourth-order valence-electron chi connectivity index (χ4n) is 2.42. The molecule has 0 spiro atoms. The molecule has 0 bridgehead atoms. The fraction of sp³-hybridized carbons (Fsp3) is 0.462. The van der Waals surface area contributed by atoms with Gasteiger partial charge in [0.15, 0.2) is 5.82 Å². The molecule has 1 aromatic carbocycles. The molecule has 0 saturated carbocycles. The van der Waals surface area contributed by atoms with E-state index in [4.69, 9.17) is 5.73 Å². The van der Waals surface area contributed by atoms with Crippen molar-refractivity contribution in [3.63, 3.8) is 0 Å². The lowest BCUT2D eigenvalue weighted by molar-refractivity contribution is -0.129. The average Bonchev–Trinajstić information content (AvgIpc) is 2.81. The molecule has 19 heavy (non-hydrogen) atoms. The number of hydrogen-bond acceptors (Lipinski definition) is 3. The highest BCUT2D eigenvalue weighted by Gasteiger charge is 2.33. The van der Waals surface area contributed by atoms with Gasteiger partial charge in [0, 0.05) is 26.7 Å². The van der Waals surface area contributed by atoms with Gasteiger partial charge >= 0.3 is 0 Å². The van der Waals surface area contributed by atoms with E-state index in [0.29, 0.717) is 13.0 Å². The van der Waals surface area contributed by atoms with Crippen molar-refractivity contribution in [1.29, 1.82) is 0 Å². The van der Waals surface area contributed by atoms with E-state index in [1.807, 2.05) is 0 Å². The summed E-state index contributed by atoms with van der Waals surface area (Å²) in [6, 6.07) is 1.52. The van der Waals surface area contributed by atoms with Crippen molar-refractivity contribution < 1.29 is 13.6 Å².